The van der Waals surface area contributed by atoms with Crippen molar-refractivity contribution in [1.82, 2.24) is 20.0 Å². The lowest BCUT2D eigenvalue weighted by Gasteiger charge is -2.10. The maximum atomic E-state index is 12.5. The van der Waals surface area contributed by atoms with Crippen LogP contribution in [-0.4, -0.2) is 33.8 Å². The van der Waals surface area contributed by atoms with Gasteiger partial charge in [-0.25, -0.2) is 4.98 Å². The molecule has 1 saturated carbocycles. The highest BCUT2D eigenvalue weighted by atomic mass is 16.2. The molecule has 6 heteroatoms. The number of pyridine rings is 1. The summed E-state index contributed by atoms with van der Waals surface area (Å²) in [4.78, 5) is 29.0. The van der Waals surface area contributed by atoms with Gasteiger partial charge in [0.15, 0.2) is 5.69 Å². The Morgan fingerprint density at radius 2 is 2.09 bits per heavy atom. The molecule has 23 heavy (non-hydrogen) atoms. The van der Waals surface area contributed by atoms with Gasteiger partial charge in [-0.3, -0.25) is 14.0 Å². The minimum Gasteiger partial charge on any atom is -0.347 e. The molecule has 0 radical (unpaired) electrons. The summed E-state index contributed by atoms with van der Waals surface area (Å²) in [6.07, 6.45) is 7.63. The molecule has 1 aliphatic carbocycles. The molecule has 2 aromatic heterocycles. The van der Waals surface area contributed by atoms with Crippen molar-refractivity contribution in [2.24, 2.45) is 0 Å². The van der Waals surface area contributed by atoms with E-state index < -0.39 is 0 Å². The monoisotopic (exact) mass is 312 g/mol. The molecule has 120 valence electrons. The van der Waals surface area contributed by atoms with Crippen molar-refractivity contribution >= 4 is 17.3 Å². The SMILES string of the molecule is C=CCNC(=O)c1nc(C(=O)NC2CCCC2)n2ccccc12. The highest BCUT2D eigenvalue weighted by Crippen LogP contribution is 2.19. The third-order valence-corrected chi connectivity index (χ3v) is 4.06. The van der Waals surface area contributed by atoms with Crippen molar-refractivity contribution in [3.8, 4) is 0 Å². The van der Waals surface area contributed by atoms with Gasteiger partial charge in [-0.1, -0.05) is 25.0 Å². The van der Waals surface area contributed by atoms with E-state index in [9.17, 15) is 9.59 Å². The predicted molar refractivity (Wildman–Crippen MR) is 87.4 cm³/mol. The number of hydrogen-bond acceptors (Lipinski definition) is 3. The van der Waals surface area contributed by atoms with Gasteiger partial charge in [0, 0.05) is 18.8 Å². The van der Waals surface area contributed by atoms with Crippen LogP contribution in [0, 0.1) is 0 Å². The highest BCUT2D eigenvalue weighted by Gasteiger charge is 2.24. The number of carbonyl (C=O) groups excluding carboxylic acids is 2. The zero-order chi connectivity index (χ0) is 16.2. The fourth-order valence-electron chi connectivity index (χ4n) is 2.93. The molecular weight excluding hydrogens is 292 g/mol. The Hall–Kier alpha value is -2.63. The lowest BCUT2D eigenvalue weighted by atomic mass is 10.2. The summed E-state index contributed by atoms with van der Waals surface area (Å²) in [5, 5.41) is 5.71. The molecule has 0 spiro atoms. The standard InChI is InChI=1S/C17H20N4O2/c1-2-10-18-16(22)14-13-9-5-6-11-21(13)15(20-14)17(23)19-12-7-3-4-8-12/h2,5-6,9,11-12H,1,3-4,7-8,10H2,(H,18,22)(H,19,23). The maximum absolute atomic E-state index is 12.5. The van der Waals surface area contributed by atoms with Gasteiger partial charge in [0.25, 0.3) is 11.8 Å². The average Bonchev–Trinajstić information content (AvgIpc) is 3.20. The zero-order valence-corrected chi connectivity index (χ0v) is 12.9. The fraction of sp³-hybridized carbons (Fsp3) is 0.353. The summed E-state index contributed by atoms with van der Waals surface area (Å²) in [5.74, 6) is -0.300. The van der Waals surface area contributed by atoms with Crippen LogP contribution >= 0.6 is 0 Å². The van der Waals surface area contributed by atoms with Crippen LogP contribution in [-0.2, 0) is 0 Å². The number of nitrogens with one attached hydrogen (secondary N) is 2. The average molecular weight is 312 g/mol. The largest absolute Gasteiger partial charge is 0.347 e. The van der Waals surface area contributed by atoms with Crippen molar-refractivity contribution in [3.05, 3.63) is 48.6 Å². The summed E-state index contributed by atoms with van der Waals surface area (Å²) in [6, 6.07) is 5.62. The molecule has 2 heterocycles. The lowest BCUT2D eigenvalue weighted by Crippen LogP contribution is -2.34. The van der Waals surface area contributed by atoms with Crippen LogP contribution in [0.2, 0.25) is 0 Å². The number of fused-ring (bicyclic) bond motifs is 1. The van der Waals surface area contributed by atoms with Crippen LogP contribution in [0.3, 0.4) is 0 Å². The van der Waals surface area contributed by atoms with Crippen molar-refractivity contribution < 1.29 is 9.59 Å². The Labute approximate surface area is 134 Å². The minimum atomic E-state index is -0.312. The van der Waals surface area contributed by atoms with Crippen LogP contribution in [0.15, 0.2) is 37.1 Å². The molecule has 1 fully saturated rings. The van der Waals surface area contributed by atoms with Gasteiger partial charge in [0.1, 0.15) is 0 Å². The number of rotatable bonds is 5. The van der Waals surface area contributed by atoms with Crippen LogP contribution in [0.1, 0.15) is 46.8 Å². The Balaban J connectivity index is 1.92. The number of imidazole rings is 1. The van der Waals surface area contributed by atoms with E-state index in [0.717, 1.165) is 25.7 Å². The summed E-state index contributed by atoms with van der Waals surface area (Å²) >= 11 is 0. The molecule has 2 aromatic rings. The Morgan fingerprint density at radius 3 is 2.83 bits per heavy atom. The van der Waals surface area contributed by atoms with E-state index in [1.165, 1.54) is 0 Å². The van der Waals surface area contributed by atoms with Gasteiger partial charge in [0.05, 0.1) is 5.52 Å². The Morgan fingerprint density at radius 1 is 1.30 bits per heavy atom. The molecule has 0 atom stereocenters. The molecule has 0 saturated heterocycles. The minimum absolute atomic E-state index is 0.205. The molecule has 0 aliphatic heterocycles. The third-order valence-electron chi connectivity index (χ3n) is 4.06. The molecule has 2 amide bonds. The molecule has 3 rings (SSSR count). The molecule has 1 aliphatic rings. The lowest BCUT2D eigenvalue weighted by molar-refractivity contribution is 0.0926. The van der Waals surface area contributed by atoms with Gasteiger partial charge in [-0.2, -0.15) is 0 Å². The second-order valence-corrected chi connectivity index (χ2v) is 5.69. The number of aromatic nitrogens is 2. The predicted octanol–water partition coefficient (Wildman–Crippen LogP) is 1.92. The van der Waals surface area contributed by atoms with Crippen LogP contribution in [0.4, 0.5) is 0 Å². The quantitative estimate of drug-likeness (QED) is 0.828. The summed E-state index contributed by atoms with van der Waals surface area (Å²) in [6.45, 7) is 3.93. The second-order valence-electron chi connectivity index (χ2n) is 5.69. The normalized spacial score (nSPS) is 14.8. The molecule has 0 aromatic carbocycles. The van der Waals surface area contributed by atoms with Crippen molar-refractivity contribution in [2.75, 3.05) is 6.54 Å². The Bertz CT molecular complexity index is 744. The first-order valence-electron chi connectivity index (χ1n) is 7.87. The number of hydrogen-bond donors (Lipinski definition) is 2. The number of amides is 2. The molecule has 0 unspecified atom stereocenters. The van der Waals surface area contributed by atoms with E-state index in [2.05, 4.69) is 22.2 Å². The van der Waals surface area contributed by atoms with Crippen LogP contribution in [0.25, 0.3) is 5.52 Å². The van der Waals surface area contributed by atoms with Gasteiger partial charge in [-0.05, 0) is 25.0 Å². The van der Waals surface area contributed by atoms with E-state index in [1.54, 1.807) is 22.7 Å². The van der Waals surface area contributed by atoms with E-state index in [1.807, 2.05) is 12.1 Å². The first-order valence-corrected chi connectivity index (χ1v) is 7.87. The van der Waals surface area contributed by atoms with Crippen molar-refractivity contribution in [2.45, 2.75) is 31.7 Å². The molecule has 2 N–H and O–H groups in total. The first-order chi connectivity index (χ1) is 11.2. The summed E-state index contributed by atoms with van der Waals surface area (Å²) in [5.41, 5.74) is 0.870. The van der Waals surface area contributed by atoms with Gasteiger partial charge in [-0.15, -0.1) is 6.58 Å². The van der Waals surface area contributed by atoms with Crippen molar-refractivity contribution in [1.29, 1.82) is 0 Å². The third kappa shape index (κ3) is 3.11. The van der Waals surface area contributed by atoms with Crippen LogP contribution in [0.5, 0.6) is 0 Å². The topological polar surface area (TPSA) is 75.5 Å². The van der Waals surface area contributed by atoms with Gasteiger partial charge >= 0.3 is 0 Å². The van der Waals surface area contributed by atoms with Gasteiger partial charge < -0.3 is 10.6 Å². The molecular formula is C17H20N4O2. The van der Waals surface area contributed by atoms with E-state index in [0.29, 0.717) is 12.1 Å². The van der Waals surface area contributed by atoms with Crippen LogP contribution < -0.4 is 10.6 Å². The first kappa shape index (κ1) is 15.3. The fourth-order valence-corrected chi connectivity index (χ4v) is 2.93. The Kier molecular flexibility index (Phi) is 4.41. The van der Waals surface area contributed by atoms with Crippen molar-refractivity contribution in [3.63, 3.8) is 0 Å². The van der Waals surface area contributed by atoms with Gasteiger partial charge in [0.2, 0.25) is 5.82 Å². The summed E-state index contributed by atoms with van der Waals surface area (Å²) < 4.78 is 1.66. The van der Waals surface area contributed by atoms with E-state index in [4.69, 9.17) is 0 Å². The number of nitrogens with zero attached hydrogens (tertiary/aromatic N) is 2. The molecule has 6 nitrogen and oxygen atoms in total. The zero-order valence-electron chi connectivity index (χ0n) is 12.9. The van der Waals surface area contributed by atoms with E-state index in [-0.39, 0.29) is 29.4 Å². The second kappa shape index (κ2) is 6.64. The molecule has 0 bridgehead atoms. The maximum Gasteiger partial charge on any atom is 0.287 e. The number of carbonyl (C=O) groups is 2. The smallest absolute Gasteiger partial charge is 0.287 e. The summed E-state index contributed by atoms with van der Waals surface area (Å²) in [7, 11) is 0. The highest BCUT2D eigenvalue weighted by molar-refractivity contribution is 6.02. The van der Waals surface area contributed by atoms with E-state index >= 15 is 0 Å².